The third-order valence-electron chi connectivity index (χ3n) is 4.67. The van der Waals surface area contributed by atoms with Crippen molar-refractivity contribution in [3.05, 3.63) is 35.4 Å². The zero-order chi connectivity index (χ0) is 17.2. The van der Waals surface area contributed by atoms with Crippen molar-refractivity contribution in [1.82, 2.24) is 9.80 Å². The van der Waals surface area contributed by atoms with Crippen LogP contribution in [0.1, 0.15) is 24.5 Å². The molecule has 2 rings (SSSR count). The number of nitrogens with zero attached hydrogens (tertiary/aromatic N) is 2. The molecule has 0 aromatic heterocycles. The number of aryl methyl sites for hydroxylation is 1. The summed E-state index contributed by atoms with van der Waals surface area (Å²) < 4.78 is 23.2. The molecule has 1 aliphatic heterocycles. The quantitative estimate of drug-likeness (QED) is 0.816. The smallest absolute Gasteiger partial charge is 0.239 e. The fraction of sp³-hybridized carbons (Fsp3) is 0.588. The molecule has 1 saturated heterocycles. The monoisotopic (exact) mass is 338 g/mol. The fourth-order valence-electron chi connectivity index (χ4n) is 2.86. The van der Waals surface area contributed by atoms with E-state index in [-0.39, 0.29) is 29.5 Å². The van der Waals surface area contributed by atoms with Gasteiger partial charge in [-0.25, -0.2) is 8.42 Å². The van der Waals surface area contributed by atoms with E-state index in [9.17, 15) is 13.2 Å². The minimum Gasteiger partial charge on any atom is -0.340 e. The Balaban J connectivity index is 1.96. The van der Waals surface area contributed by atoms with Gasteiger partial charge in [-0.15, -0.1) is 0 Å². The summed E-state index contributed by atoms with van der Waals surface area (Å²) in [4.78, 5) is 16.2. The highest BCUT2D eigenvalue weighted by Gasteiger charge is 2.34. The Kier molecular flexibility index (Phi) is 5.47. The van der Waals surface area contributed by atoms with Gasteiger partial charge < -0.3 is 4.90 Å². The zero-order valence-corrected chi connectivity index (χ0v) is 15.1. The van der Waals surface area contributed by atoms with Crippen LogP contribution < -0.4 is 0 Å². The number of likely N-dealkylation sites (N-methyl/N-ethyl adjacent to an activating group) is 2. The Morgan fingerprint density at radius 1 is 1.26 bits per heavy atom. The van der Waals surface area contributed by atoms with E-state index in [1.54, 1.807) is 11.9 Å². The maximum Gasteiger partial charge on any atom is 0.239 e. The van der Waals surface area contributed by atoms with Crippen molar-refractivity contribution in [3.63, 3.8) is 0 Å². The van der Waals surface area contributed by atoms with Gasteiger partial charge in [-0.05, 0) is 32.9 Å². The van der Waals surface area contributed by atoms with Crippen molar-refractivity contribution in [3.8, 4) is 0 Å². The predicted octanol–water partition coefficient (Wildman–Crippen LogP) is 1.46. The van der Waals surface area contributed by atoms with Crippen molar-refractivity contribution >= 4 is 15.7 Å². The maximum absolute atomic E-state index is 12.6. The Morgan fingerprint density at radius 2 is 1.87 bits per heavy atom. The number of carbonyl (C=O) groups is 1. The normalized spacial score (nSPS) is 21.3. The maximum atomic E-state index is 12.6. The molecule has 128 valence electrons. The Labute approximate surface area is 139 Å². The van der Waals surface area contributed by atoms with E-state index in [0.29, 0.717) is 13.0 Å². The fourth-order valence-corrected chi connectivity index (χ4v) is 4.64. The third-order valence-corrected chi connectivity index (χ3v) is 6.43. The molecule has 1 aromatic rings. The number of benzene rings is 1. The second kappa shape index (κ2) is 7.01. The molecule has 2 atom stereocenters. The first kappa shape index (κ1) is 17.9. The highest BCUT2D eigenvalue weighted by molar-refractivity contribution is 7.91. The number of hydrogen-bond donors (Lipinski definition) is 0. The lowest BCUT2D eigenvalue weighted by molar-refractivity contribution is -0.136. The molecule has 2 unspecified atom stereocenters. The standard InChI is InChI=1S/C17H26N2O3S/c1-13-5-7-15(8-6-13)11-18(3)14(2)17(20)19(4)16-9-10-23(21,22)12-16/h5-8,14,16H,9-12H2,1-4H3. The number of carbonyl (C=O) groups excluding carboxylic acids is 1. The second-order valence-corrected chi connectivity index (χ2v) is 8.81. The summed E-state index contributed by atoms with van der Waals surface area (Å²) in [6.07, 6.45) is 0.541. The van der Waals surface area contributed by atoms with Crippen LogP contribution in [-0.2, 0) is 21.2 Å². The lowest BCUT2D eigenvalue weighted by atomic mass is 10.1. The first-order valence-corrected chi connectivity index (χ1v) is 9.74. The van der Waals surface area contributed by atoms with Gasteiger partial charge in [0.1, 0.15) is 0 Å². The van der Waals surface area contributed by atoms with E-state index in [0.717, 1.165) is 5.56 Å². The molecule has 1 aliphatic rings. The molecule has 1 amide bonds. The predicted molar refractivity (Wildman–Crippen MR) is 91.9 cm³/mol. The van der Waals surface area contributed by atoms with E-state index in [1.807, 2.05) is 25.8 Å². The summed E-state index contributed by atoms with van der Waals surface area (Å²) in [5.74, 6) is 0.244. The van der Waals surface area contributed by atoms with Crippen molar-refractivity contribution in [2.75, 3.05) is 25.6 Å². The number of hydrogen-bond acceptors (Lipinski definition) is 4. The summed E-state index contributed by atoms with van der Waals surface area (Å²) in [6.45, 7) is 4.60. The summed E-state index contributed by atoms with van der Waals surface area (Å²) >= 11 is 0. The topological polar surface area (TPSA) is 57.7 Å². The van der Waals surface area contributed by atoms with Gasteiger partial charge in [0, 0.05) is 19.6 Å². The van der Waals surface area contributed by atoms with Crippen LogP contribution in [0.5, 0.6) is 0 Å². The molecule has 5 nitrogen and oxygen atoms in total. The lowest BCUT2D eigenvalue weighted by Gasteiger charge is -2.31. The molecule has 1 fully saturated rings. The molecule has 23 heavy (non-hydrogen) atoms. The molecular weight excluding hydrogens is 312 g/mol. The van der Waals surface area contributed by atoms with E-state index in [4.69, 9.17) is 0 Å². The zero-order valence-electron chi connectivity index (χ0n) is 14.3. The van der Waals surface area contributed by atoms with E-state index < -0.39 is 9.84 Å². The van der Waals surface area contributed by atoms with Crippen LogP contribution in [0.2, 0.25) is 0 Å². The van der Waals surface area contributed by atoms with E-state index in [1.165, 1.54) is 5.56 Å². The van der Waals surface area contributed by atoms with Crippen LogP contribution in [-0.4, -0.2) is 61.8 Å². The van der Waals surface area contributed by atoms with Crippen LogP contribution >= 0.6 is 0 Å². The molecule has 0 spiro atoms. The van der Waals surface area contributed by atoms with E-state index >= 15 is 0 Å². The van der Waals surface area contributed by atoms with Crippen molar-refractivity contribution in [1.29, 1.82) is 0 Å². The minimum absolute atomic E-state index is 0.0262. The molecule has 6 heteroatoms. The average molecular weight is 338 g/mol. The molecule has 1 aromatic carbocycles. The van der Waals surface area contributed by atoms with Gasteiger partial charge in [0.2, 0.25) is 5.91 Å². The van der Waals surface area contributed by atoms with Gasteiger partial charge in [0.25, 0.3) is 0 Å². The Morgan fingerprint density at radius 3 is 2.39 bits per heavy atom. The molecule has 0 bridgehead atoms. The number of amides is 1. The second-order valence-electron chi connectivity index (χ2n) is 6.58. The first-order chi connectivity index (χ1) is 10.7. The first-order valence-electron chi connectivity index (χ1n) is 7.92. The summed E-state index contributed by atoms with van der Waals surface area (Å²) in [6, 6.07) is 7.77. The van der Waals surface area contributed by atoms with Crippen LogP contribution in [0, 0.1) is 6.92 Å². The summed E-state index contributed by atoms with van der Waals surface area (Å²) in [5.41, 5.74) is 2.37. The van der Waals surface area contributed by atoms with E-state index in [2.05, 4.69) is 24.3 Å². The van der Waals surface area contributed by atoms with Crippen LogP contribution in [0.25, 0.3) is 0 Å². The Bertz CT molecular complexity index is 655. The van der Waals surface area contributed by atoms with Gasteiger partial charge in [0.05, 0.1) is 17.5 Å². The lowest BCUT2D eigenvalue weighted by Crippen LogP contribution is -2.48. The summed E-state index contributed by atoms with van der Waals surface area (Å²) in [7, 11) is 0.651. The van der Waals surface area contributed by atoms with Gasteiger partial charge in [-0.3, -0.25) is 9.69 Å². The minimum atomic E-state index is -2.98. The number of rotatable bonds is 5. The molecular formula is C17H26N2O3S. The molecule has 0 N–H and O–H groups in total. The Hall–Kier alpha value is -1.40. The molecule has 0 aliphatic carbocycles. The SMILES string of the molecule is Cc1ccc(CN(C)C(C)C(=O)N(C)C2CCS(=O)(=O)C2)cc1. The average Bonchev–Trinajstić information content (AvgIpc) is 2.87. The van der Waals surface area contributed by atoms with Crippen molar-refractivity contribution < 1.29 is 13.2 Å². The highest BCUT2D eigenvalue weighted by atomic mass is 32.2. The van der Waals surface area contributed by atoms with Gasteiger partial charge in [0.15, 0.2) is 9.84 Å². The van der Waals surface area contributed by atoms with Gasteiger partial charge >= 0.3 is 0 Å². The number of sulfone groups is 1. The third kappa shape index (κ3) is 4.54. The molecule has 0 radical (unpaired) electrons. The van der Waals surface area contributed by atoms with Crippen molar-refractivity contribution in [2.24, 2.45) is 0 Å². The van der Waals surface area contributed by atoms with Crippen LogP contribution in [0.4, 0.5) is 0 Å². The van der Waals surface area contributed by atoms with Crippen LogP contribution in [0.3, 0.4) is 0 Å². The largest absolute Gasteiger partial charge is 0.340 e. The van der Waals surface area contributed by atoms with Gasteiger partial charge in [-0.1, -0.05) is 29.8 Å². The van der Waals surface area contributed by atoms with Crippen molar-refractivity contribution in [2.45, 2.75) is 38.9 Å². The molecule has 1 heterocycles. The van der Waals surface area contributed by atoms with Crippen LogP contribution in [0.15, 0.2) is 24.3 Å². The van der Waals surface area contributed by atoms with Gasteiger partial charge in [-0.2, -0.15) is 0 Å². The molecule has 0 saturated carbocycles. The summed E-state index contributed by atoms with van der Waals surface area (Å²) in [5, 5.41) is 0. The highest BCUT2D eigenvalue weighted by Crippen LogP contribution is 2.18.